The predicted octanol–water partition coefficient (Wildman–Crippen LogP) is 2.22. The van der Waals surface area contributed by atoms with Crippen molar-refractivity contribution < 1.29 is 71.5 Å². The lowest BCUT2D eigenvalue weighted by molar-refractivity contribution is -0.387. The summed E-state index contributed by atoms with van der Waals surface area (Å²) in [5.74, 6) is -0.391. The van der Waals surface area contributed by atoms with Crippen LogP contribution in [-0.2, 0) is 43.2 Å². The number of carbonyl (C=O) groups excluding carboxylic acids is 3. The summed E-state index contributed by atoms with van der Waals surface area (Å²) in [6, 6.07) is 2.73. The van der Waals surface area contributed by atoms with Crippen molar-refractivity contribution in [2.24, 2.45) is 0 Å². The summed E-state index contributed by atoms with van der Waals surface area (Å²) in [6.07, 6.45) is -7.32. The zero-order valence-corrected chi connectivity index (χ0v) is 35.9. The number of nitrogens with one attached hydrogen (secondary N) is 4. The van der Waals surface area contributed by atoms with Gasteiger partial charge in [-0.05, 0) is 79.4 Å². The van der Waals surface area contributed by atoms with Gasteiger partial charge in [-0.2, -0.15) is 0 Å². The molecular formula is C38H61N5O16S. The van der Waals surface area contributed by atoms with Gasteiger partial charge in [-0.1, -0.05) is 19.1 Å². The largest absolute Gasteiger partial charge is 0.468 e. The van der Waals surface area contributed by atoms with Gasteiger partial charge in [-0.3, -0.25) is 14.9 Å². The first-order valence-electron chi connectivity index (χ1n) is 19.8. The molecule has 2 aliphatic rings. The number of sulfonamides is 1. The van der Waals surface area contributed by atoms with Crippen molar-refractivity contribution in [1.29, 1.82) is 0 Å². The van der Waals surface area contributed by atoms with Crippen molar-refractivity contribution >= 4 is 33.8 Å². The van der Waals surface area contributed by atoms with Crippen LogP contribution in [0.3, 0.4) is 0 Å². The van der Waals surface area contributed by atoms with Crippen molar-refractivity contribution in [2.45, 2.75) is 152 Å². The first-order chi connectivity index (χ1) is 28.0. The summed E-state index contributed by atoms with van der Waals surface area (Å²) in [7, 11) is -4.37. The second-order valence-electron chi connectivity index (χ2n) is 16.2. The third kappa shape index (κ3) is 16.4. The third-order valence-corrected chi connectivity index (χ3v) is 10.3. The standard InChI is InChI=1S/C38H61N5O16S/c1-8-27(45)34(54-20-19-44)57-33-24(41-29(46)16-12-18-39-35(48)58-37(2,3)4)21-25(42-36(49)59-38(5,6)7)32(31(33)47)56-30-17-11-13-23(55-30)22-40-60(52,53)28-15-10-9-14-26(28)43(50)51/h9-10,13-15,24-25,27,30-34,40,44-45,47H,8,11-12,16-22H2,1-7H3,(H,39,48)(H,41,46)(H,42,49)/t24-,25+,27-,30-,31+,32-,33+,34-/m1/s1. The number of allylic oxidation sites excluding steroid dienone is 1. The summed E-state index contributed by atoms with van der Waals surface area (Å²) in [4.78, 5) is 48.7. The fraction of sp³-hybridized carbons (Fsp3) is 0.711. The minimum absolute atomic E-state index is 0.0758. The van der Waals surface area contributed by atoms with E-state index in [2.05, 4.69) is 20.7 Å². The van der Waals surface area contributed by atoms with Crippen LogP contribution >= 0.6 is 0 Å². The first-order valence-corrected chi connectivity index (χ1v) is 21.3. The highest BCUT2D eigenvalue weighted by Crippen LogP contribution is 2.31. The third-order valence-electron chi connectivity index (χ3n) is 8.82. The number of hydrogen-bond donors (Lipinski definition) is 7. The molecule has 1 aliphatic heterocycles. The molecule has 3 amide bonds. The molecule has 3 rings (SSSR count). The van der Waals surface area contributed by atoms with Gasteiger partial charge in [0.15, 0.2) is 17.5 Å². The Morgan fingerprint density at radius 2 is 1.67 bits per heavy atom. The van der Waals surface area contributed by atoms with Crippen molar-refractivity contribution in [3.8, 4) is 0 Å². The zero-order valence-electron chi connectivity index (χ0n) is 35.1. The van der Waals surface area contributed by atoms with Gasteiger partial charge in [0.25, 0.3) is 5.69 Å². The molecule has 0 radical (unpaired) electrons. The molecule has 7 N–H and O–H groups in total. The molecule has 21 nitrogen and oxygen atoms in total. The molecule has 1 aromatic rings. The molecule has 0 aromatic heterocycles. The van der Waals surface area contributed by atoms with E-state index in [1.165, 1.54) is 12.1 Å². The Bertz CT molecular complexity index is 1730. The van der Waals surface area contributed by atoms with Gasteiger partial charge in [0.2, 0.25) is 15.9 Å². The monoisotopic (exact) mass is 875 g/mol. The first kappa shape index (κ1) is 50.2. The maximum atomic E-state index is 13.4. The number of nitrogens with zero attached hydrogens (tertiary/aromatic N) is 1. The van der Waals surface area contributed by atoms with E-state index >= 15 is 0 Å². The highest BCUT2D eigenvalue weighted by Gasteiger charge is 2.49. The SMILES string of the molecule is CC[C@@H](O)[C@H](OCCO)O[C@@H]1[C@@H](O)[C@H](O[C@@H]2CCC=C(CNS(=O)(=O)c3ccccc3[N+](=O)[O-])O2)[C@@H](NC(=O)OC(C)(C)C)C[C@H]1NC(=O)CCCNC(=O)OC(C)(C)C. The second-order valence-corrected chi connectivity index (χ2v) is 17.9. The van der Waals surface area contributed by atoms with Crippen molar-refractivity contribution in [1.82, 2.24) is 20.7 Å². The summed E-state index contributed by atoms with van der Waals surface area (Å²) >= 11 is 0. The average Bonchev–Trinajstić information content (AvgIpc) is 3.15. The van der Waals surface area contributed by atoms with Crippen LogP contribution in [0.2, 0.25) is 0 Å². The maximum absolute atomic E-state index is 13.4. The summed E-state index contributed by atoms with van der Waals surface area (Å²) in [6.45, 7) is 10.8. The second kappa shape index (κ2) is 22.6. The van der Waals surface area contributed by atoms with Crippen LogP contribution in [0.5, 0.6) is 0 Å². The molecule has 8 atom stereocenters. The normalized spacial score (nSPS) is 23.3. The number of carbonyl (C=O) groups is 3. The maximum Gasteiger partial charge on any atom is 0.407 e. The Morgan fingerprint density at radius 1 is 1.02 bits per heavy atom. The van der Waals surface area contributed by atoms with Crippen LogP contribution in [0, 0.1) is 10.1 Å². The minimum atomic E-state index is -4.37. The number of amides is 3. The van der Waals surface area contributed by atoms with Gasteiger partial charge in [0, 0.05) is 25.5 Å². The van der Waals surface area contributed by atoms with Crippen molar-refractivity contribution in [2.75, 3.05) is 26.3 Å². The molecule has 340 valence electrons. The Balaban J connectivity index is 1.87. The topological polar surface area (TPSA) is 293 Å². The number of aliphatic hydroxyl groups is 3. The molecule has 0 saturated heterocycles. The van der Waals surface area contributed by atoms with Gasteiger partial charge in [0.1, 0.15) is 41.4 Å². The number of nitro groups is 1. The fourth-order valence-electron chi connectivity index (χ4n) is 6.21. The molecule has 1 aromatic carbocycles. The van der Waals surface area contributed by atoms with Crippen molar-refractivity contribution in [3.05, 3.63) is 46.2 Å². The van der Waals surface area contributed by atoms with E-state index < -0.39 is 117 Å². The highest BCUT2D eigenvalue weighted by molar-refractivity contribution is 7.89. The Morgan fingerprint density at radius 3 is 2.30 bits per heavy atom. The molecule has 1 fully saturated rings. The molecule has 22 heteroatoms. The van der Waals surface area contributed by atoms with Gasteiger partial charge in [-0.25, -0.2) is 22.7 Å². The molecule has 0 unspecified atom stereocenters. The average molecular weight is 876 g/mol. The van der Waals surface area contributed by atoms with Gasteiger partial charge < -0.3 is 59.7 Å². The number of nitro benzene ring substituents is 1. The lowest BCUT2D eigenvalue weighted by Crippen LogP contribution is -2.67. The lowest BCUT2D eigenvalue weighted by Gasteiger charge is -2.46. The number of benzene rings is 1. The van der Waals surface area contributed by atoms with E-state index in [0.29, 0.717) is 6.42 Å². The molecular weight excluding hydrogens is 815 g/mol. The van der Waals surface area contributed by atoms with E-state index in [4.69, 9.17) is 28.4 Å². The molecule has 1 aliphatic carbocycles. The van der Waals surface area contributed by atoms with Crippen LogP contribution in [0.1, 0.15) is 87.0 Å². The van der Waals surface area contributed by atoms with Crippen LogP contribution in [-0.4, -0.2) is 133 Å². The number of alkyl carbamates (subject to hydrolysis) is 2. The number of ether oxygens (including phenoxy) is 6. The summed E-state index contributed by atoms with van der Waals surface area (Å²) in [5.41, 5.74) is -2.25. The lowest BCUT2D eigenvalue weighted by atomic mass is 9.83. The Hall–Kier alpha value is -4.16. The van der Waals surface area contributed by atoms with Crippen LogP contribution in [0.15, 0.2) is 41.0 Å². The van der Waals surface area contributed by atoms with Crippen LogP contribution in [0.4, 0.5) is 15.3 Å². The number of para-hydroxylation sites is 1. The zero-order chi connectivity index (χ0) is 44.8. The molecule has 60 heavy (non-hydrogen) atoms. The molecule has 1 saturated carbocycles. The smallest absolute Gasteiger partial charge is 0.407 e. The number of aliphatic hydroxyl groups excluding tert-OH is 3. The summed E-state index contributed by atoms with van der Waals surface area (Å²) in [5, 5.41) is 51.9. The molecule has 1 heterocycles. The highest BCUT2D eigenvalue weighted by atomic mass is 32.2. The predicted molar refractivity (Wildman–Crippen MR) is 213 cm³/mol. The van der Waals surface area contributed by atoms with E-state index in [-0.39, 0.29) is 51.0 Å². The van der Waals surface area contributed by atoms with Crippen LogP contribution < -0.4 is 20.7 Å². The van der Waals surface area contributed by atoms with Gasteiger partial charge in [-0.15, -0.1) is 0 Å². The van der Waals surface area contributed by atoms with Crippen molar-refractivity contribution in [3.63, 3.8) is 0 Å². The van der Waals surface area contributed by atoms with E-state index in [0.717, 1.165) is 12.1 Å². The fourth-order valence-corrected chi connectivity index (χ4v) is 7.37. The van der Waals surface area contributed by atoms with E-state index in [1.54, 1.807) is 54.5 Å². The summed E-state index contributed by atoms with van der Waals surface area (Å²) < 4.78 is 63.2. The number of hydrogen-bond acceptors (Lipinski definition) is 16. The van der Waals surface area contributed by atoms with Gasteiger partial charge in [0.05, 0.1) is 36.8 Å². The Labute approximate surface area is 350 Å². The Kier molecular flexibility index (Phi) is 18.9. The quantitative estimate of drug-likeness (QED) is 0.0428. The van der Waals surface area contributed by atoms with Crippen LogP contribution in [0.25, 0.3) is 0 Å². The van der Waals surface area contributed by atoms with Gasteiger partial charge >= 0.3 is 12.2 Å². The number of rotatable bonds is 20. The van der Waals surface area contributed by atoms with E-state index in [1.807, 2.05) is 0 Å². The van der Waals surface area contributed by atoms with E-state index in [9.17, 15) is 48.2 Å². The molecule has 0 spiro atoms. The molecule has 0 bridgehead atoms. The minimum Gasteiger partial charge on any atom is -0.468 e.